The summed E-state index contributed by atoms with van der Waals surface area (Å²) in [5.41, 5.74) is 3.87. The van der Waals surface area contributed by atoms with E-state index in [-0.39, 0.29) is 25.0 Å². The van der Waals surface area contributed by atoms with Crippen molar-refractivity contribution < 1.29 is 28.9 Å². The number of hydrogen-bond donors (Lipinski definition) is 3. The molecule has 3 rings (SSSR count). The van der Waals surface area contributed by atoms with E-state index < -0.39 is 24.0 Å². The monoisotopic (exact) mass is 487 g/mol. The number of aliphatic carboxylic acids is 1. The highest BCUT2D eigenvalue weighted by Gasteiger charge is 2.28. The molecule has 6 nitrogen and oxygen atoms in total. The van der Waals surface area contributed by atoms with Crippen LogP contribution < -0.4 is 10.1 Å². The van der Waals surface area contributed by atoms with Crippen molar-refractivity contribution in [3.63, 3.8) is 0 Å². The summed E-state index contributed by atoms with van der Waals surface area (Å²) >= 11 is 0. The van der Waals surface area contributed by atoms with Crippen LogP contribution in [0.15, 0.2) is 36.4 Å². The minimum absolute atomic E-state index is 0.0658. The van der Waals surface area contributed by atoms with E-state index >= 15 is 0 Å². The van der Waals surface area contributed by atoms with Gasteiger partial charge in [0.25, 0.3) is 0 Å². The molecule has 0 heterocycles. The number of benzene rings is 2. The van der Waals surface area contributed by atoms with Gasteiger partial charge < -0.3 is 25.0 Å². The van der Waals surface area contributed by atoms with Gasteiger partial charge in [-0.1, -0.05) is 24.3 Å². The zero-order valence-electron chi connectivity index (χ0n) is 21.1. The van der Waals surface area contributed by atoms with Gasteiger partial charge in [-0.2, -0.15) is 0 Å². The summed E-state index contributed by atoms with van der Waals surface area (Å²) in [7, 11) is 1.43. The lowest BCUT2D eigenvalue weighted by Crippen LogP contribution is -2.45. The molecule has 1 aliphatic carbocycles. The molecule has 7 heteroatoms. The number of carbonyl (C=O) groups is 1. The second kappa shape index (κ2) is 12.0. The maximum absolute atomic E-state index is 14.1. The number of carboxylic acid groups (broad SMARTS) is 1. The largest absolute Gasteiger partial charge is 0.496 e. The normalized spacial score (nSPS) is 15.6. The van der Waals surface area contributed by atoms with Crippen LogP contribution in [0.25, 0.3) is 0 Å². The van der Waals surface area contributed by atoms with E-state index in [4.69, 9.17) is 14.6 Å². The predicted octanol–water partition coefficient (Wildman–Crippen LogP) is 4.46. The Hall–Kier alpha value is -2.48. The fourth-order valence-corrected chi connectivity index (χ4v) is 5.06. The summed E-state index contributed by atoms with van der Waals surface area (Å²) in [4.78, 5) is 11.1. The third-order valence-electron chi connectivity index (χ3n) is 6.74. The number of carboxylic acids is 1. The van der Waals surface area contributed by atoms with Crippen molar-refractivity contribution in [1.82, 2.24) is 5.32 Å². The minimum atomic E-state index is -0.943. The molecule has 0 fully saturated rings. The smallest absolute Gasteiger partial charge is 0.303 e. The van der Waals surface area contributed by atoms with Gasteiger partial charge in [-0.15, -0.1) is 0 Å². The molecular formula is C28H38FNO5. The summed E-state index contributed by atoms with van der Waals surface area (Å²) in [6.07, 6.45) is 2.00. The highest BCUT2D eigenvalue weighted by molar-refractivity contribution is 5.67. The Kier molecular flexibility index (Phi) is 9.27. The molecule has 0 spiro atoms. The summed E-state index contributed by atoms with van der Waals surface area (Å²) in [6, 6.07) is 11.2. The molecule has 0 bridgehead atoms. The number of methoxy groups -OCH3 is 1. The Balaban J connectivity index is 1.51. The average molecular weight is 488 g/mol. The number of hydrogen-bond acceptors (Lipinski definition) is 5. The van der Waals surface area contributed by atoms with E-state index in [2.05, 4.69) is 43.4 Å². The van der Waals surface area contributed by atoms with E-state index in [0.29, 0.717) is 29.3 Å². The van der Waals surface area contributed by atoms with Gasteiger partial charge in [0.2, 0.25) is 0 Å². The van der Waals surface area contributed by atoms with Crippen molar-refractivity contribution in [2.45, 2.75) is 70.6 Å². The molecule has 0 unspecified atom stereocenters. The molecule has 0 radical (unpaired) electrons. The average Bonchev–Trinajstić information content (AvgIpc) is 3.21. The number of nitrogens with one attached hydrogen (secondary N) is 1. The van der Waals surface area contributed by atoms with E-state index in [1.807, 2.05) is 0 Å². The second-order valence-electron chi connectivity index (χ2n) is 10.2. The molecule has 0 aliphatic heterocycles. The first kappa shape index (κ1) is 27.1. The van der Waals surface area contributed by atoms with Crippen LogP contribution in [0.3, 0.4) is 0 Å². The molecule has 0 amide bonds. The van der Waals surface area contributed by atoms with Crippen molar-refractivity contribution in [2.24, 2.45) is 5.92 Å². The molecule has 192 valence electrons. The second-order valence-corrected chi connectivity index (χ2v) is 10.2. The van der Waals surface area contributed by atoms with Crippen LogP contribution in [0, 0.1) is 11.7 Å². The van der Waals surface area contributed by atoms with Gasteiger partial charge in [-0.3, -0.25) is 4.79 Å². The number of aliphatic hydroxyl groups excluding tert-OH is 1. The van der Waals surface area contributed by atoms with Gasteiger partial charge in [0.1, 0.15) is 11.6 Å². The highest BCUT2D eigenvalue weighted by atomic mass is 19.1. The first-order valence-electron chi connectivity index (χ1n) is 12.3. The lowest BCUT2D eigenvalue weighted by Gasteiger charge is -2.31. The van der Waals surface area contributed by atoms with Crippen LogP contribution in [-0.4, -0.2) is 48.1 Å². The topological polar surface area (TPSA) is 88.0 Å². The fraction of sp³-hybridized carbons (Fsp3) is 0.536. The van der Waals surface area contributed by atoms with Gasteiger partial charge in [0, 0.05) is 30.1 Å². The van der Waals surface area contributed by atoms with Crippen LogP contribution in [0.5, 0.6) is 5.75 Å². The van der Waals surface area contributed by atoms with Crippen molar-refractivity contribution in [1.29, 1.82) is 0 Å². The standard InChI is InChI=1S/C28H38FNO5/c1-18(25-13-22(29)14-26(34-4)24(25)9-10-27(32)33)35-17-23(31)16-30-28(2,3)15-19-11-20-7-5-6-8-21(20)12-19/h5-8,13-14,18-19,23,30-31H,9-12,15-17H2,1-4H3,(H,32,33)/t18-,23-/m1/s1. The van der Waals surface area contributed by atoms with Crippen LogP contribution in [0.2, 0.25) is 0 Å². The summed E-state index contributed by atoms with van der Waals surface area (Å²) in [6.45, 7) is 6.51. The van der Waals surface area contributed by atoms with Crippen molar-refractivity contribution in [3.05, 3.63) is 64.5 Å². The zero-order chi connectivity index (χ0) is 25.6. The molecule has 0 aromatic heterocycles. The van der Waals surface area contributed by atoms with E-state index in [1.165, 1.54) is 30.4 Å². The number of rotatable bonds is 13. The SMILES string of the molecule is COc1cc(F)cc([C@@H](C)OC[C@H](O)CNC(C)(C)CC2Cc3ccccc3C2)c1CCC(=O)O. The Morgan fingerprint density at radius 3 is 2.49 bits per heavy atom. The number of β-amino-alcohol motifs (C(OH)–C–C–N with tert-alkyl or cyclic N) is 1. The molecule has 0 saturated carbocycles. The Morgan fingerprint density at radius 2 is 1.89 bits per heavy atom. The quantitative estimate of drug-likeness (QED) is 0.387. The van der Waals surface area contributed by atoms with Crippen LogP contribution in [0.1, 0.15) is 62.0 Å². The lowest BCUT2D eigenvalue weighted by molar-refractivity contribution is -0.136. The van der Waals surface area contributed by atoms with Gasteiger partial charge >= 0.3 is 5.97 Å². The molecule has 2 atom stereocenters. The summed E-state index contributed by atoms with van der Waals surface area (Å²) in [5, 5.41) is 23.1. The maximum atomic E-state index is 14.1. The Labute approximate surface area is 207 Å². The molecule has 2 aromatic rings. The number of fused-ring (bicyclic) bond motifs is 1. The number of ether oxygens (including phenoxy) is 2. The Morgan fingerprint density at radius 1 is 1.23 bits per heavy atom. The maximum Gasteiger partial charge on any atom is 0.303 e. The van der Waals surface area contributed by atoms with Crippen LogP contribution in [-0.2, 0) is 28.8 Å². The fourth-order valence-electron chi connectivity index (χ4n) is 5.06. The van der Waals surface area contributed by atoms with Crippen molar-refractivity contribution in [3.8, 4) is 5.75 Å². The Bertz CT molecular complexity index is 984. The minimum Gasteiger partial charge on any atom is -0.496 e. The molecule has 3 N–H and O–H groups in total. The first-order valence-corrected chi connectivity index (χ1v) is 12.3. The van der Waals surface area contributed by atoms with E-state index in [0.717, 1.165) is 19.3 Å². The molecule has 35 heavy (non-hydrogen) atoms. The van der Waals surface area contributed by atoms with Crippen molar-refractivity contribution in [2.75, 3.05) is 20.3 Å². The zero-order valence-corrected chi connectivity index (χ0v) is 21.1. The van der Waals surface area contributed by atoms with Gasteiger partial charge in [-0.05, 0) is 75.1 Å². The predicted molar refractivity (Wildman–Crippen MR) is 133 cm³/mol. The molecule has 0 saturated heterocycles. The first-order chi connectivity index (χ1) is 16.6. The third kappa shape index (κ3) is 7.75. The van der Waals surface area contributed by atoms with Crippen LogP contribution >= 0.6 is 0 Å². The number of aliphatic hydroxyl groups is 1. The van der Waals surface area contributed by atoms with E-state index in [9.17, 15) is 14.3 Å². The summed E-state index contributed by atoms with van der Waals surface area (Å²) < 4.78 is 25.3. The van der Waals surface area contributed by atoms with Gasteiger partial charge in [-0.25, -0.2) is 4.39 Å². The third-order valence-corrected chi connectivity index (χ3v) is 6.74. The molecule has 1 aliphatic rings. The highest BCUT2D eigenvalue weighted by Crippen LogP contribution is 2.33. The summed E-state index contributed by atoms with van der Waals surface area (Å²) in [5.74, 6) is -0.545. The van der Waals surface area contributed by atoms with Gasteiger partial charge in [0.05, 0.1) is 25.9 Å². The molecule has 2 aromatic carbocycles. The van der Waals surface area contributed by atoms with Crippen molar-refractivity contribution >= 4 is 5.97 Å². The van der Waals surface area contributed by atoms with E-state index in [1.54, 1.807) is 6.92 Å². The molecular weight excluding hydrogens is 449 g/mol. The van der Waals surface area contributed by atoms with Gasteiger partial charge in [0.15, 0.2) is 0 Å². The van der Waals surface area contributed by atoms with Crippen LogP contribution in [0.4, 0.5) is 4.39 Å². The number of halogens is 1. The lowest BCUT2D eigenvalue weighted by atomic mass is 9.88.